The highest BCUT2D eigenvalue weighted by atomic mass is 32.1. The van der Waals surface area contributed by atoms with Crippen LogP contribution >= 0.6 is 11.3 Å². The van der Waals surface area contributed by atoms with E-state index in [-0.39, 0.29) is 17.6 Å². The van der Waals surface area contributed by atoms with Gasteiger partial charge in [0.2, 0.25) is 5.69 Å². The number of hydrogen-bond donors (Lipinski definition) is 2. The lowest BCUT2D eigenvalue weighted by atomic mass is 9.95. The zero-order chi connectivity index (χ0) is 25.4. The molecule has 3 aromatic rings. The fourth-order valence-corrected chi connectivity index (χ4v) is 6.18. The van der Waals surface area contributed by atoms with Crippen molar-refractivity contribution < 1.29 is 14.3 Å². The summed E-state index contributed by atoms with van der Waals surface area (Å²) in [4.78, 5) is 22.2. The third kappa shape index (κ3) is 4.74. The molecule has 2 N–H and O–H groups in total. The van der Waals surface area contributed by atoms with Crippen LogP contribution in [0.2, 0.25) is 0 Å². The first kappa shape index (κ1) is 24.4. The summed E-state index contributed by atoms with van der Waals surface area (Å²) in [5, 5.41) is 13.3. The van der Waals surface area contributed by atoms with Crippen molar-refractivity contribution in [3.63, 3.8) is 0 Å². The summed E-state index contributed by atoms with van der Waals surface area (Å²) >= 11 is 1.42. The predicted molar refractivity (Wildman–Crippen MR) is 142 cm³/mol. The lowest BCUT2D eigenvalue weighted by Gasteiger charge is -2.45. The maximum Gasteiger partial charge on any atom is 0.264 e. The van der Waals surface area contributed by atoms with E-state index >= 15 is 0 Å². The number of anilines is 1. The molecule has 6 nitrogen and oxygen atoms in total. The van der Waals surface area contributed by atoms with Gasteiger partial charge in [-0.3, -0.25) is 4.79 Å². The van der Waals surface area contributed by atoms with E-state index in [2.05, 4.69) is 15.1 Å². The molecule has 1 atom stereocenters. The van der Waals surface area contributed by atoms with Crippen molar-refractivity contribution in [2.45, 2.75) is 31.4 Å². The van der Waals surface area contributed by atoms with Crippen LogP contribution in [0, 0.1) is 12.4 Å². The van der Waals surface area contributed by atoms with Crippen LogP contribution in [-0.4, -0.2) is 60.8 Å². The summed E-state index contributed by atoms with van der Waals surface area (Å²) in [6.07, 6.45) is 2.00. The highest BCUT2D eigenvalue weighted by Crippen LogP contribution is 2.42. The quantitative estimate of drug-likeness (QED) is 0.471. The van der Waals surface area contributed by atoms with Gasteiger partial charge in [0, 0.05) is 48.3 Å². The molecule has 186 valence electrons. The van der Waals surface area contributed by atoms with Gasteiger partial charge in [-0.05, 0) is 62.2 Å². The lowest BCUT2D eigenvalue weighted by molar-refractivity contribution is 0.0310. The van der Waals surface area contributed by atoms with Gasteiger partial charge in [-0.1, -0.05) is 24.3 Å². The monoisotopic (exact) mass is 504 g/mol. The second-order valence-corrected chi connectivity index (χ2v) is 11.0. The molecule has 2 saturated heterocycles. The molecular formula is C28H29FN4O2S. The van der Waals surface area contributed by atoms with E-state index < -0.39 is 11.4 Å². The molecule has 1 amide bonds. The highest BCUT2D eigenvalue weighted by molar-refractivity contribution is 7.18. The number of β-amino-alcohol motifs (C(OH)–C–C–N with tert-alkyl or cyclic N) is 1. The minimum absolute atomic E-state index is 0.00914. The molecule has 5 rings (SSSR count). The number of carbonyl (C=O) groups is 1. The maximum absolute atomic E-state index is 14.5. The van der Waals surface area contributed by atoms with Crippen LogP contribution in [0.25, 0.3) is 26.4 Å². The topological polar surface area (TPSA) is 60.2 Å². The normalized spacial score (nSPS) is 19.0. The van der Waals surface area contributed by atoms with Gasteiger partial charge in [-0.15, -0.1) is 11.3 Å². The second kappa shape index (κ2) is 9.66. The van der Waals surface area contributed by atoms with Gasteiger partial charge in [0.15, 0.2) is 0 Å². The summed E-state index contributed by atoms with van der Waals surface area (Å²) in [5.74, 6) is -0.578. The zero-order valence-electron chi connectivity index (χ0n) is 20.4. The molecule has 3 heterocycles. The fourth-order valence-electron chi connectivity index (χ4n) is 5.03. The molecule has 0 bridgehead atoms. The number of nitrogens with one attached hydrogen (secondary N) is 1. The van der Waals surface area contributed by atoms with Crippen LogP contribution in [-0.2, 0) is 0 Å². The fraction of sp³-hybridized carbons (Fsp3) is 0.357. The molecule has 0 aliphatic carbocycles. The average molecular weight is 505 g/mol. The van der Waals surface area contributed by atoms with Crippen molar-refractivity contribution in [1.82, 2.24) is 10.2 Å². The molecular weight excluding hydrogens is 475 g/mol. The van der Waals surface area contributed by atoms with Crippen LogP contribution < -0.4 is 10.2 Å². The lowest BCUT2D eigenvalue weighted by Crippen LogP contribution is -2.60. The Balaban J connectivity index is 1.51. The SMILES string of the molecule is [C-]#[N+]c1ccc(-c2cc(C(=O)N3CCC[C@@H](NC)C3)sc2-c2ccc(N3CC(C)(O)C3)cc2)cc1F. The Morgan fingerprint density at radius 3 is 2.56 bits per heavy atom. The minimum Gasteiger partial charge on any atom is -0.386 e. The van der Waals surface area contributed by atoms with E-state index in [0.717, 1.165) is 41.1 Å². The zero-order valence-corrected chi connectivity index (χ0v) is 21.2. The first-order valence-electron chi connectivity index (χ1n) is 12.1. The summed E-state index contributed by atoms with van der Waals surface area (Å²) in [7, 11) is 1.92. The third-order valence-corrected chi connectivity index (χ3v) is 8.17. The highest BCUT2D eigenvalue weighted by Gasteiger charge is 2.36. The summed E-state index contributed by atoms with van der Waals surface area (Å²) in [5.41, 5.74) is 2.70. The summed E-state index contributed by atoms with van der Waals surface area (Å²) < 4.78 is 14.5. The van der Waals surface area contributed by atoms with Gasteiger partial charge in [0.1, 0.15) is 5.82 Å². The largest absolute Gasteiger partial charge is 0.386 e. The van der Waals surface area contributed by atoms with E-state index in [1.54, 1.807) is 6.07 Å². The Hall–Kier alpha value is -3.25. The average Bonchev–Trinajstić information content (AvgIpc) is 3.32. The molecule has 0 radical (unpaired) electrons. The van der Waals surface area contributed by atoms with E-state index in [1.165, 1.54) is 23.5 Å². The van der Waals surface area contributed by atoms with E-state index in [9.17, 15) is 14.3 Å². The van der Waals surface area contributed by atoms with E-state index in [4.69, 9.17) is 6.57 Å². The Labute approximate surface area is 214 Å². The van der Waals surface area contributed by atoms with Crippen LogP contribution in [0.15, 0.2) is 48.5 Å². The number of piperidine rings is 1. The number of halogens is 1. The van der Waals surface area contributed by atoms with Crippen molar-refractivity contribution in [3.05, 3.63) is 70.6 Å². The first-order chi connectivity index (χ1) is 17.3. The van der Waals surface area contributed by atoms with Crippen molar-refractivity contribution >= 4 is 28.6 Å². The van der Waals surface area contributed by atoms with Gasteiger partial charge in [0.25, 0.3) is 5.91 Å². The Morgan fingerprint density at radius 2 is 1.92 bits per heavy atom. The molecule has 36 heavy (non-hydrogen) atoms. The van der Waals surface area contributed by atoms with Crippen LogP contribution in [0.3, 0.4) is 0 Å². The van der Waals surface area contributed by atoms with Gasteiger partial charge in [0.05, 0.1) is 17.1 Å². The molecule has 2 aliphatic heterocycles. The maximum atomic E-state index is 14.5. The molecule has 8 heteroatoms. The number of amides is 1. The van der Waals surface area contributed by atoms with Gasteiger partial charge >= 0.3 is 0 Å². The molecule has 2 aromatic carbocycles. The number of thiophene rings is 1. The van der Waals surface area contributed by atoms with Crippen molar-refractivity contribution in [2.75, 3.05) is 38.1 Å². The third-order valence-electron chi connectivity index (χ3n) is 7.00. The van der Waals surface area contributed by atoms with Crippen LogP contribution in [0.4, 0.5) is 15.8 Å². The number of likely N-dealkylation sites (tertiary alicyclic amines) is 1. The van der Waals surface area contributed by atoms with Gasteiger partial charge < -0.3 is 20.2 Å². The van der Waals surface area contributed by atoms with E-state index in [1.807, 2.05) is 49.2 Å². The minimum atomic E-state index is -0.656. The number of rotatable bonds is 5. The molecule has 1 aromatic heterocycles. The molecule has 0 unspecified atom stereocenters. The Bertz CT molecular complexity index is 1320. The number of carbonyl (C=O) groups excluding carboxylic acids is 1. The molecule has 2 fully saturated rings. The predicted octanol–water partition coefficient (Wildman–Crippen LogP) is 5.17. The number of nitrogens with zero attached hydrogens (tertiary/aromatic N) is 3. The second-order valence-electron chi connectivity index (χ2n) is 9.91. The van der Waals surface area contributed by atoms with Crippen molar-refractivity contribution in [1.29, 1.82) is 0 Å². The number of aliphatic hydroxyl groups is 1. The number of benzene rings is 2. The standard InChI is InChI=1S/C28H29FN4O2S/c1-28(35)16-33(17-28)21-9-6-18(7-10-21)26-22(19-8-11-24(31-3)23(29)13-19)14-25(36-26)27(34)32-12-4-5-20(15-32)30-2/h6-11,13-14,20,30,35H,4-5,12,15-17H2,1-2H3/t20-/m1/s1. The molecule has 0 saturated carbocycles. The summed E-state index contributed by atoms with van der Waals surface area (Å²) in [6.45, 7) is 11.6. The molecule has 0 spiro atoms. The number of likely N-dealkylation sites (N-methyl/N-ethyl adjacent to an activating group) is 1. The van der Waals surface area contributed by atoms with Crippen LogP contribution in [0.1, 0.15) is 29.4 Å². The van der Waals surface area contributed by atoms with Crippen LogP contribution in [0.5, 0.6) is 0 Å². The van der Waals surface area contributed by atoms with Crippen molar-refractivity contribution in [2.24, 2.45) is 0 Å². The van der Waals surface area contributed by atoms with Crippen molar-refractivity contribution in [3.8, 4) is 21.6 Å². The Morgan fingerprint density at radius 1 is 1.19 bits per heavy atom. The van der Waals surface area contributed by atoms with Gasteiger partial charge in [-0.2, -0.15) is 0 Å². The smallest absolute Gasteiger partial charge is 0.264 e. The first-order valence-corrected chi connectivity index (χ1v) is 12.9. The van der Waals surface area contributed by atoms with Gasteiger partial charge in [-0.25, -0.2) is 9.24 Å². The number of hydrogen-bond acceptors (Lipinski definition) is 5. The Kier molecular flexibility index (Phi) is 6.56. The summed E-state index contributed by atoms with van der Waals surface area (Å²) in [6, 6.07) is 14.8. The van der Waals surface area contributed by atoms with E-state index in [0.29, 0.717) is 30.1 Å². The molecule has 2 aliphatic rings.